The highest BCUT2D eigenvalue weighted by Crippen LogP contribution is 2.35. The average molecular weight is 602 g/mol. The Bertz CT molecular complexity index is 1340. The monoisotopic (exact) mass is 601 g/mol. The van der Waals surface area contributed by atoms with Gasteiger partial charge in [0.1, 0.15) is 5.75 Å². The van der Waals surface area contributed by atoms with E-state index in [-0.39, 0.29) is 44.1 Å². The van der Waals surface area contributed by atoms with E-state index in [0.717, 1.165) is 47.1 Å². The molecule has 41 heavy (non-hydrogen) atoms. The maximum atomic E-state index is 13.6. The molecule has 0 saturated carbocycles. The van der Waals surface area contributed by atoms with Crippen LogP contribution in [0.15, 0.2) is 73.1 Å². The molecule has 1 atom stereocenters. The molecule has 0 spiro atoms. The Labute approximate surface area is 238 Å². The van der Waals surface area contributed by atoms with Crippen LogP contribution in [0.5, 0.6) is 5.75 Å². The third kappa shape index (κ3) is 7.69. The van der Waals surface area contributed by atoms with Crippen LogP contribution in [0, 0.1) is 0 Å². The summed E-state index contributed by atoms with van der Waals surface area (Å²) < 4.78 is 85.8. The zero-order chi connectivity index (χ0) is 29.0. The number of piperidine rings is 1. The van der Waals surface area contributed by atoms with Gasteiger partial charge in [-0.1, -0.05) is 30.3 Å². The van der Waals surface area contributed by atoms with Crippen molar-refractivity contribution in [3.8, 4) is 5.75 Å². The number of halogens is 7. The van der Waals surface area contributed by atoms with Crippen molar-refractivity contribution in [1.29, 1.82) is 0 Å². The Morgan fingerprint density at radius 3 is 2.27 bits per heavy atom. The number of carbonyl (C=O) groups is 2. The highest BCUT2D eigenvalue weighted by Gasteiger charge is 2.47. The van der Waals surface area contributed by atoms with E-state index in [1.807, 2.05) is 30.3 Å². The van der Waals surface area contributed by atoms with Crippen molar-refractivity contribution in [3.63, 3.8) is 0 Å². The molecule has 4 rings (SSSR count). The number of pyridine rings is 1. The van der Waals surface area contributed by atoms with Gasteiger partial charge in [-0.15, -0.1) is 12.4 Å². The molecular formula is C28H26ClF6N3O3. The Hall–Kier alpha value is -3.80. The molecular weight excluding hydrogens is 576 g/mol. The molecule has 0 aliphatic carbocycles. The fraction of sp³-hybridized carbons (Fsp3) is 0.321. The quantitative estimate of drug-likeness (QED) is 0.340. The highest BCUT2D eigenvalue weighted by atomic mass is 35.5. The van der Waals surface area contributed by atoms with E-state index >= 15 is 0 Å². The summed E-state index contributed by atoms with van der Waals surface area (Å²) in [5.41, 5.74) is -3.58. The molecule has 0 radical (unpaired) electrons. The number of alkyl halides is 6. The molecule has 2 heterocycles. The minimum Gasteiger partial charge on any atom is -0.476 e. The summed E-state index contributed by atoms with van der Waals surface area (Å²) >= 11 is 0. The van der Waals surface area contributed by atoms with Gasteiger partial charge in [-0.25, -0.2) is 0 Å². The number of hydrogen-bond acceptors (Lipinski definition) is 4. The number of nitrogens with zero attached hydrogens (tertiary/aromatic N) is 2. The van der Waals surface area contributed by atoms with Gasteiger partial charge < -0.3 is 15.0 Å². The molecule has 2 amide bonds. The molecule has 2 aromatic carbocycles. The molecule has 220 valence electrons. The molecule has 1 aliphatic heterocycles. The first-order valence-corrected chi connectivity index (χ1v) is 12.4. The summed E-state index contributed by atoms with van der Waals surface area (Å²) in [5, 5.41) is 2.76. The van der Waals surface area contributed by atoms with E-state index in [2.05, 4.69) is 10.3 Å². The minimum atomic E-state index is -4.81. The molecule has 1 aliphatic rings. The van der Waals surface area contributed by atoms with Crippen LogP contribution < -0.4 is 10.1 Å². The molecule has 3 aromatic rings. The lowest BCUT2D eigenvalue weighted by Gasteiger charge is -2.41. The summed E-state index contributed by atoms with van der Waals surface area (Å²) in [7, 11) is 0. The Balaban J connectivity index is 0.00000462. The maximum Gasteiger partial charge on any atom is 0.417 e. The number of ether oxygens (including phenoxy) is 1. The minimum absolute atomic E-state index is 0. The van der Waals surface area contributed by atoms with Crippen LogP contribution in [0.3, 0.4) is 0 Å². The molecule has 1 aromatic heterocycles. The molecule has 13 heteroatoms. The zero-order valence-electron chi connectivity index (χ0n) is 21.5. The summed E-state index contributed by atoms with van der Waals surface area (Å²) in [5.74, 6) is -1.68. The average Bonchev–Trinajstić information content (AvgIpc) is 2.92. The second-order valence-corrected chi connectivity index (χ2v) is 9.36. The number of hydrogen-bond donors (Lipinski definition) is 1. The van der Waals surface area contributed by atoms with Gasteiger partial charge in [-0.05, 0) is 55.2 Å². The number of rotatable bonds is 7. The van der Waals surface area contributed by atoms with E-state index in [4.69, 9.17) is 4.74 Å². The van der Waals surface area contributed by atoms with Gasteiger partial charge >= 0.3 is 12.4 Å². The number of carbonyl (C=O) groups excluding carboxylic acids is 2. The third-order valence-electron chi connectivity index (χ3n) is 6.55. The van der Waals surface area contributed by atoms with Gasteiger partial charge in [0, 0.05) is 25.5 Å². The zero-order valence-corrected chi connectivity index (χ0v) is 22.3. The number of aromatic nitrogens is 1. The van der Waals surface area contributed by atoms with Crippen molar-refractivity contribution in [1.82, 2.24) is 15.2 Å². The summed E-state index contributed by atoms with van der Waals surface area (Å²) in [6, 6.07) is 13.7. The van der Waals surface area contributed by atoms with Crippen molar-refractivity contribution in [2.45, 2.75) is 37.2 Å². The fourth-order valence-electron chi connectivity index (χ4n) is 4.56. The first kappa shape index (κ1) is 31.7. The van der Waals surface area contributed by atoms with Crippen LogP contribution in [0.4, 0.5) is 26.3 Å². The number of nitrogens with one attached hydrogen (secondary N) is 1. The standard InChI is InChI=1S/C28H25F6N3O3.ClH/c29-27(30,31)20-7-9-21(10-8-20)40-26(25(39)36-15-11-19-5-2-1-3-6-19)13-4-16-37(18-26)24(38)22-17-35-14-12-23(22)28(32,33)34;/h1-3,5-10,12,14,17H,4,11,13,15-16,18H2,(H,36,39);1H. The van der Waals surface area contributed by atoms with E-state index in [0.29, 0.717) is 12.5 Å². The van der Waals surface area contributed by atoms with Crippen LogP contribution in [0.1, 0.15) is 39.9 Å². The first-order chi connectivity index (χ1) is 18.9. The predicted molar refractivity (Wildman–Crippen MR) is 140 cm³/mol. The van der Waals surface area contributed by atoms with E-state index in [1.165, 1.54) is 0 Å². The van der Waals surface area contributed by atoms with E-state index < -0.39 is 53.0 Å². The summed E-state index contributed by atoms with van der Waals surface area (Å²) in [4.78, 5) is 31.5. The lowest BCUT2D eigenvalue weighted by molar-refractivity contribution is -0.142. The van der Waals surface area contributed by atoms with Crippen molar-refractivity contribution >= 4 is 24.2 Å². The molecule has 0 bridgehead atoms. The smallest absolute Gasteiger partial charge is 0.417 e. The van der Waals surface area contributed by atoms with Gasteiger partial charge in [0.25, 0.3) is 11.8 Å². The lowest BCUT2D eigenvalue weighted by Crippen LogP contribution is -2.61. The summed E-state index contributed by atoms with van der Waals surface area (Å²) in [6.45, 7) is -0.188. The number of amides is 2. The highest BCUT2D eigenvalue weighted by molar-refractivity contribution is 5.96. The normalized spacial score (nSPS) is 17.4. The van der Waals surface area contributed by atoms with Gasteiger partial charge in [0.2, 0.25) is 5.60 Å². The van der Waals surface area contributed by atoms with Crippen molar-refractivity contribution in [2.24, 2.45) is 0 Å². The van der Waals surface area contributed by atoms with Crippen molar-refractivity contribution in [3.05, 3.63) is 95.3 Å². The largest absolute Gasteiger partial charge is 0.476 e. The Morgan fingerprint density at radius 1 is 0.951 bits per heavy atom. The SMILES string of the molecule is Cl.O=C(c1cnccc1C(F)(F)F)N1CCCC(Oc2ccc(C(F)(F)F)cc2)(C(=O)NCCc2ccccc2)C1. The molecule has 1 fully saturated rings. The first-order valence-electron chi connectivity index (χ1n) is 12.4. The number of benzene rings is 2. The van der Waals surface area contributed by atoms with Gasteiger partial charge in [-0.3, -0.25) is 14.6 Å². The fourth-order valence-corrected chi connectivity index (χ4v) is 4.56. The van der Waals surface area contributed by atoms with Crippen molar-refractivity contribution < 1.29 is 40.7 Å². The van der Waals surface area contributed by atoms with Crippen LogP contribution in [-0.2, 0) is 23.6 Å². The lowest BCUT2D eigenvalue weighted by atomic mass is 9.90. The second-order valence-electron chi connectivity index (χ2n) is 9.36. The maximum absolute atomic E-state index is 13.6. The second kappa shape index (κ2) is 12.8. The predicted octanol–water partition coefficient (Wildman–Crippen LogP) is 5.95. The number of likely N-dealkylation sites (tertiary alicyclic amines) is 1. The van der Waals surface area contributed by atoms with Gasteiger partial charge in [-0.2, -0.15) is 26.3 Å². The van der Waals surface area contributed by atoms with Crippen molar-refractivity contribution in [2.75, 3.05) is 19.6 Å². The third-order valence-corrected chi connectivity index (χ3v) is 6.55. The molecule has 1 saturated heterocycles. The van der Waals surface area contributed by atoms with Crippen LogP contribution in [-0.4, -0.2) is 46.9 Å². The Morgan fingerprint density at radius 2 is 1.63 bits per heavy atom. The van der Waals surface area contributed by atoms with E-state index in [9.17, 15) is 35.9 Å². The molecule has 1 N–H and O–H groups in total. The molecule has 6 nitrogen and oxygen atoms in total. The van der Waals surface area contributed by atoms with Crippen LogP contribution in [0.25, 0.3) is 0 Å². The van der Waals surface area contributed by atoms with Gasteiger partial charge in [0.15, 0.2) is 0 Å². The van der Waals surface area contributed by atoms with Gasteiger partial charge in [0.05, 0.1) is 23.2 Å². The molecule has 1 unspecified atom stereocenters. The van der Waals surface area contributed by atoms with Crippen LogP contribution >= 0.6 is 12.4 Å². The topological polar surface area (TPSA) is 71.5 Å². The van der Waals surface area contributed by atoms with E-state index in [1.54, 1.807) is 0 Å². The Kier molecular flexibility index (Phi) is 9.90. The van der Waals surface area contributed by atoms with Crippen LogP contribution in [0.2, 0.25) is 0 Å². The summed E-state index contributed by atoms with van der Waals surface area (Å²) in [6.07, 6.45) is -6.91.